The van der Waals surface area contributed by atoms with Crippen LogP contribution >= 0.6 is 11.3 Å². The second-order valence-corrected chi connectivity index (χ2v) is 8.40. The number of thiazole rings is 1. The van der Waals surface area contributed by atoms with Crippen molar-refractivity contribution in [2.45, 2.75) is 32.7 Å². The number of hydrogen-bond acceptors (Lipinski definition) is 6. The first kappa shape index (κ1) is 20.9. The van der Waals surface area contributed by atoms with Crippen molar-refractivity contribution in [3.63, 3.8) is 0 Å². The SMILES string of the molecule is CCCCN1C(=O)C(O)=C(C(=O)c2sc(-c3ccccc3)nc2C)C1c1ccccn1. The summed E-state index contributed by atoms with van der Waals surface area (Å²) in [5.74, 6) is -1.40. The Morgan fingerprint density at radius 1 is 1.16 bits per heavy atom. The Morgan fingerprint density at radius 3 is 2.58 bits per heavy atom. The van der Waals surface area contributed by atoms with E-state index in [1.54, 1.807) is 30.2 Å². The van der Waals surface area contributed by atoms with E-state index in [1.165, 1.54) is 11.3 Å². The fourth-order valence-electron chi connectivity index (χ4n) is 3.72. The molecule has 4 rings (SSSR count). The van der Waals surface area contributed by atoms with Gasteiger partial charge in [-0.05, 0) is 25.5 Å². The van der Waals surface area contributed by atoms with E-state index in [4.69, 9.17) is 0 Å². The monoisotopic (exact) mass is 433 g/mol. The number of aryl methyl sites for hydroxylation is 1. The van der Waals surface area contributed by atoms with Gasteiger partial charge < -0.3 is 10.0 Å². The van der Waals surface area contributed by atoms with Gasteiger partial charge >= 0.3 is 0 Å². The maximum absolute atomic E-state index is 13.6. The van der Waals surface area contributed by atoms with Gasteiger partial charge in [0.2, 0.25) is 5.78 Å². The van der Waals surface area contributed by atoms with Crippen LogP contribution in [0.1, 0.15) is 46.9 Å². The van der Waals surface area contributed by atoms with Gasteiger partial charge in [0.05, 0.1) is 21.8 Å². The van der Waals surface area contributed by atoms with E-state index in [0.29, 0.717) is 22.8 Å². The topological polar surface area (TPSA) is 83.4 Å². The lowest BCUT2D eigenvalue weighted by molar-refractivity contribution is -0.129. The smallest absolute Gasteiger partial charge is 0.290 e. The third-order valence-corrected chi connectivity index (χ3v) is 6.50. The molecule has 7 heteroatoms. The standard InChI is InChI=1S/C24H23N3O3S/c1-3-4-14-27-19(17-12-8-9-13-25-17)18(21(29)24(27)30)20(28)22-15(2)26-23(31-22)16-10-6-5-7-11-16/h5-13,19,29H,3-4,14H2,1-2H3. The van der Waals surface area contributed by atoms with Crippen LogP contribution in [0.2, 0.25) is 0 Å². The molecular formula is C24H23N3O3S. The zero-order chi connectivity index (χ0) is 22.0. The van der Waals surface area contributed by atoms with Gasteiger partial charge in [0.1, 0.15) is 11.0 Å². The highest BCUT2D eigenvalue weighted by Gasteiger charge is 2.44. The van der Waals surface area contributed by atoms with E-state index in [1.807, 2.05) is 43.3 Å². The van der Waals surface area contributed by atoms with Crippen molar-refractivity contribution in [2.75, 3.05) is 6.54 Å². The number of rotatable bonds is 7. The van der Waals surface area contributed by atoms with Gasteiger partial charge in [-0.2, -0.15) is 0 Å². The van der Waals surface area contributed by atoms with Crippen molar-refractivity contribution < 1.29 is 14.7 Å². The normalized spacial score (nSPS) is 16.3. The first-order valence-corrected chi connectivity index (χ1v) is 11.1. The maximum Gasteiger partial charge on any atom is 0.290 e. The van der Waals surface area contributed by atoms with Crippen LogP contribution in [0, 0.1) is 6.92 Å². The lowest BCUT2D eigenvalue weighted by Crippen LogP contribution is -2.32. The molecule has 0 fully saturated rings. The van der Waals surface area contributed by atoms with Crippen LogP contribution in [0.25, 0.3) is 10.6 Å². The molecule has 2 aromatic heterocycles. The molecule has 31 heavy (non-hydrogen) atoms. The number of carbonyl (C=O) groups excluding carboxylic acids is 2. The molecule has 1 aromatic carbocycles. The Bertz CT molecular complexity index is 1140. The Kier molecular flexibility index (Phi) is 5.95. The summed E-state index contributed by atoms with van der Waals surface area (Å²) >= 11 is 1.27. The van der Waals surface area contributed by atoms with Crippen LogP contribution < -0.4 is 0 Å². The number of pyridine rings is 1. The van der Waals surface area contributed by atoms with Crippen LogP contribution in [0.4, 0.5) is 0 Å². The molecule has 3 heterocycles. The summed E-state index contributed by atoms with van der Waals surface area (Å²) in [5, 5.41) is 11.5. The number of ketones is 1. The molecule has 1 N–H and O–H groups in total. The molecule has 6 nitrogen and oxygen atoms in total. The Hall–Kier alpha value is -3.32. The van der Waals surface area contributed by atoms with Crippen molar-refractivity contribution in [3.05, 3.63) is 82.3 Å². The van der Waals surface area contributed by atoms with Crippen LogP contribution in [-0.2, 0) is 4.79 Å². The van der Waals surface area contributed by atoms with Crippen molar-refractivity contribution in [1.29, 1.82) is 0 Å². The van der Waals surface area contributed by atoms with Crippen LogP contribution in [0.3, 0.4) is 0 Å². The fourth-order valence-corrected chi connectivity index (χ4v) is 4.75. The molecule has 0 aliphatic carbocycles. The first-order chi connectivity index (χ1) is 15.0. The number of amides is 1. The highest BCUT2D eigenvalue weighted by molar-refractivity contribution is 7.17. The minimum absolute atomic E-state index is 0.0752. The summed E-state index contributed by atoms with van der Waals surface area (Å²) in [7, 11) is 0. The number of carbonyl (C=O) groups is 2. The summed E-state index contributed by atoms with van der Waals surface area (Å²) in [4.78, 5) is 37.4. The van der Waals surface area contributed by atoms with Crippen molar-refractivity contribution in [1.82, 2.24) is 14.9 Å². The van der Waals surface area contributed by atoms with Crippen molar-refractivity contribution in [2.24, 2.45) is 0 Å². The zero-order valence-corrected chi connectivity index (χ0v) is 18.2. The van der Waals surface area contributed by atoms with Crippen molar-refractivity contribution in [3.8, 4) is 10.6 Å². The number of nitrogens with zero attached hydrogens (tertiary/aromatic N) is 3. The molecule has 158 valence electrons. The van der Waals surface area contributed by atoms with E-state index in [0.717, 1.165) is 23.4 Å². The second-order valence-electron chi connectivity index (χ2n) is 7.40. The summed E-state index contributed by atoms with van der Waals surface area (Å²) in [6.45, 7) is 4.24. The number of aliphatic hydroxyl groups excluding tert-OH is 1. The van der Waals surface area contributed by atoms with Gasteiger partial charge in [-0.1, -0.05) is 49.7 Å². The second kappa shape index (κ2) is 8.81. The molecule has 1 unspecified atom stereocenters. The van der Waals surface area contributed by atoms with E-state index in [9.17, 15) is 14.7 Å². The first-order valence-electron chi connectivity index (χ1n) is 10.3. The third-order valence-electron chi connectivity index (χ3n) is 5.29. The summed E-state index contributed by atoms with van der Waals surface area (Å²) in [6, 6.07) is 14.3. The third kappa shape index (κ3) is 3.88. The van der Waals surface area contributed by atoms with Gasteiger partial charge in [0, 0.05) is 18.3 Å². The molecule has 3 aromatic rings. The predicted octanol–water partition coefficient (Wildman–Crippen LogP) is 4.89. The number of aromatic nitrogens is 2. The minimum atomic E-state index is -0.713. The number of Topliss-reactive ketones (excluding diaryl/α,β-unsaturated/α-hetero) is 1. The summed E-state index contributed by atoms with van der Waals surface area (Å²) < 4.78 is 0. The quantitative estimate of drug-likeness (QED) is 0.536. The summed E-state index contributed by atoms with van der Waals surface area (Å²) in [6.07, 6.45) is 3.28. The molecular weight excluding hydrogens is 410 g/mol. The molecule has 0 spiro atoms. The Balaban J connectivity index is 1.77. The van der Waals surface area contributed by atoms with Crippen molar-refractivity contribution >= 4 is 23.0 Å². The average molecular weight is 434 g/mol. The van der Waals surface area contributed by atoms with E-state index in [-0.39, 0.29) is 11.4 Å². The molecule has 0 radical (unpaired) electrons. The molecule has 1 atom stereocenters. The molecule has 0 saturated heterocycles. The molecule has 1 aliphatic rings. The highest BCUT2D eigenvalue weighted by atomic mass is 32.1. The van der Waals surface area contributed by atoms with Gasteiger partial charge in [0.15, 0.2) is 5.76 Å². The van der Waals surface area contributed by atoms with Gasteiger partial charge in [-0.25, -0.2) is 4.98 Å². The van der Waals surface area contributed by atoms with Crippen LogP contribution in [-0.4, -0.2) is 38.2 Å². The Morgan fingerprint density at radius 2 is 1.90 bits per heavy atom. The highest BCUT2D eigenvalue weighted by Crippen LogP contribution is 2.40. The van der Waals surface area contributed by atoms with Gasteiger partial charge in [-0.3, -0.25) is 14.6 Å². The molecule has 1 amide bonds. The summed E-state index contributed by atoms with van der Waals surface area (Å²) in [5.41, 5.74) is 2.13. The van der Waals surface area contributed by atoms with E-state index < -0.39 is 17.7 Å². The minimum Gasteiger partial charge on any atom is -0.503 e. The lowest BCUT2D eigenvalue weighted by Gasteiger charge is -2.25. The Labute approximate surface area is 184 Å². The van der Waals surface area contributed by atoms with E-state index >= 15 is 0 Å². The number of hydrogen-bond donors (Lipinski definition) is 1. The number of benzene rings is 1. The largest absolute Gasteiger partial charge is 0.503 e. The van der Waals surface area contributed by atoms with Crippen LogP contribution in [0.15, 0.2) is 66.1 Å². The van der Waals surface area contributed by atoms with Gasteiger partial charge in [-0.15, -0.1) is 11.3 Å². The van der Waals surface area contributed by atoms with Crippen LogP contribution in [0.5, 0.6) is 0 Å². The number of unbranched alkanes of at least 4 members (excludes halogenated alkanes) is 1. The lowest BCUT2D eigenvalue weighted by atomic mass is 9.98. The predicted molar refractivity (Wildman–Crippen MR) is 120 cm³/mol. The molecule has 0 bridgehead atoms. The van der Waals surface area contributed by atoms with Gasteiger partial charge in [0.25, 0.3) is 5.91 Å². The fraction of sp³-hybridized carbons (Fsp3) is 0.250. The average Bonchev–Trinajstić information content (AvgIpc) is 3.31. The van der Waals surface area contributed by atoms with E-state index in [2.05, 4.69) is 9.97 Å². The number of aliphatic hydroxyl groups is 1. The molecule has 1 aliphatic heterocycles. The zero-order valence-electron chi connectivity index (χ0n) is 17.4. The maximum atomic E-state index is 13.6. The molecule has 0 saturated carbocycles.